The number of ether oxygens (including phenoxy) is 2. The van der Waals surface area contributed by atoms with Crippen LogP contribution in [0.15, 0.2) is 42.5 Å². The average molecular weight is 503 g/mol. The molecule has 0 bridgehead atoms. The fourth-order valence-corrected chi connectivity index (χ4v) is 4.75. The van der Waals surface area contributed by atoms with E-state index in [2.05, 4.69) is 16.4 Å². The highest BCUT2D eigenvalue weighted by atomic mass is 19.4. The number of halogens is 6. The Labute approximate surface area is 202 Å². The van der Waals surface area contributed by atoms with Crippen molar-refractivity contribution in [3.05, 3.63) is 59.4 Å². The lowest BCUT2D eigenvalue weighted by Gasteiger charge is -2.29. The van der Waals surface area contributed by atoms with Crippen LogP contribution in [0, 0.1) is 11.7 Å². The van der Waals surface area contributed by atoms with Gasteiger partial charge in [0.25, 0.3) is 0 Å². The van der Waals surface area contributed by atoms with Crippen molar-refractivity contribution in [1.82, 2.24) is 0 Å². The van der Waals surface area contributed by atoms with Crippen LogP contribution in [0.5, 0.6) is 11.5 Å². The topological polar surface area (TPSA) is 18.5 Å². The Morgan fingerprint density at radius 2 is 1.37 bits per heavy atom. The Morgan fingerprint density at radius 3 is 1.94 bits per heavy atom. The summed E-state index contributed by atoms with van der Waals surface area (Å²) in [5.74, 6) is -1.23. The van der Waals surface area contributed by atoms with Crippen molar-refractivity contribution in [2.24, 2.45) is 5.92 Å². The fraction of sp³-hybridized carbons (Fsp3) is 0.556. The minimum absolute atomic E-state index is 0.144. The van der Waals surface area contributed by atoms with Crippen LogP contribution in [0.3, 0.4) is 0 Å². The summed E-state index contributed by atoms with van der Waals surface area (Å²) >= 11 is 0. The van der Waals surface area contributed by atoms with Crippen molar-refractivity contribution in [2.75, 3.05) is 0 Å². The lowest BCUT2D eigenvalue weighted by atomic mass is 9.77. The molecule has 1 saturated carbocycles. The number of unbranched alkanes of at least 4 members (excludes halogenated alkanes) is 4. The lowest BCUT2D eigenvalue weighted by molar-refractivity contribution is -0.274. The van der Waals surface area contributed by atoms with Crippen molar-refractivity contribution in [3.63, 3.8) is 0 Å². The normalized spacial score (nSPS) is 18.9. The van der Waals surface area contributed by atoms with Crippen LogP contribution in [-0.2, 0) is 6.11 Å². The molecule has 0 saturated heterocycles. The molecule has 2 aromatic carbocycles. The van der Waals surface area contributed by atoms with Crippen LogP contribution in [0.1, 0.15) is 88.2 Å². The van der Waals surface area contributed by atoms with Gasteiger partial charge >= 0.3 is 12.5 Å². The molecular formula is C27H32F6O2. The van der Waals surface area contributed by atoms with Crippen LogP contribution in [0.4, 0.5) is 26.3 Å². The number of rotatable bonds is 11. The minimum Gasteiger partial charge on any atom is -0.429 e. The first-order valence-electron chi connectivity index (χ1n) is 12.3. The van der Waals surface area contributed by atoms with Gasteiger partial charge in [-0.05, 0) is 79.5 Å². The summed E-state index contributed by atoms with van der Waals surface area (Å²) in [6, 6.07) is 7.22. The Bertz CT molecular complexity index is 918. The summed E-state index contributed by atoms with van der Waals surface area (Å²) in [4.78, 5) is 0. The molecule has 0 unspecified atom stereocenters. The van der Waals surface area contributed by atoms with E-state index in [0.29, 0.717) is 11.5 Å². The van der Waals surface area contributed by atoms with Crippen LogP contribution in [-0.4, -0.2) is 6.36 Å². The van der Waals surface area contributed by atoms with Crippen molar-refractivity contribution >= 4 is 0 Å². The molecule has 1 fully saturated rings. The molecule has 0 amide bonds. The summed E-state index contributed by atoms with van der Waals surface area (Å²) in [6.45, 7) is 2.20. The molecule has 35 heavy (non-hydrogen) atoms. The third-order valence-corrected chi connectivity index (χ3v) is 6.64. The van der Waals surface area contributed by atoms with Crippen molar-refractivity contribution in [1.29, 1.82) is 0 Å². The van der Waals surface area contributed by atoms with E-state index < -0.39 is 35.4 Å². The summed E-state index contributed by atoms with van der Waals surface area (Å²) in [5, 5.41) is 0. The SMILES string of the molecule is CCCCCCCC1CCC(c2ccc(C(F)(F)Oc3ccc(OC(F)(F)F)cc3)c(F)c2)CC1. The predicted molar refractivity (Wildman–Crippen MR) is 122 cm³/mol. The first kappa shape index (κ1) is 27.2. The Hall–Kier alpha value is -2.38. The van der Waals surface area contributed by atoms with Crippen LogP contribution in [0.2, 0.25) is 0 Å². The molecule has 2 aromatic rings. The molecule has 8 heteroatoms. The molecule has 1 aliphatic rings. The molecule has 0 atom stereocenters. The third kappa shape index (κ3) is 8.36. The second-order valence-electron chi connectivity index (χ2n) is 9.30. The standard InChI is InChI=1S/C27H32F6O2/c1-2-3-4-5-6-7-19-8-10-20(11-9-19)21-12-17-24(25(28)18-21)26(29,30)34-22-13-15-23(16-14-22)35-27(31,32)33/h12-20H,2-11H2,1H3. The van der Waals surface area contributed by atoms with Crippen LogP contribution < -0.4 is 9.47 Å². The smallest absolute Gasteiger partial charge is 0.429 e. The van der Waals surface area contributed by atoms with E-state index in [4.69, 9.17) is 0 Å². The van der Waals surface area contributed by atoms with Gasteiger partial charge in [0, 0.05) is 0 Å². The van der Waals surface area contributed by atoms with Gasteiger partial charge in [-0.3, -0.25) is 0 Å². The number of hydrogen-bond acceptors (Lipinski definition) is 2. The van der Waals surface area contributed by atoms with E-state index in [-0.39, 0.29) is 5.92 Å². The van der Waals surface area contributed by atoms with Gasteiger partial charge in [-0.25, -0.2) is 4.39 Å². The van der Waals surface area contributed by atoms with Crippen molar-refractivity contribution in [3.8, 4) is 11.5 Å². The van der Waals surface area contributed by atoms with E-state index in [1.165, 1.54) is 44.6 Å². The van der Waals surface area contributed by atoms with Crippen LogP contribution >= 0.6 is 0 Å². The second kappa shape index (κ2) is 12.0. The number of benzene rings is 2. The Morgan fingerprint density at radius 1 is 0.771 bits per heavy atom. The summed E-state index contributed by atoms with van der Waals surface area (Å²) in [5.41, 5.74) is -0.213. The minimum atomic E-state index is -4.90. The molecule has 0 aliphatic heterocycles. The number of hydrogen-bond donors (Lipinski definition) is 0. The highest BCUT2D eigenvalue weighted by Crippen LogP contribution is 2.40. The van der Waals surface area contributed by atoms with E-state index in [0.717, 1.165) is 62.1 Å². The van der Waals surface area contributed by atoms with Gasteiger partial charge in [-0.2, -0.15) is 8.78 Å². The molecular weight excluding hydrogens is 470 g/mol. The first-order valence-corrected chi connectivity index (χ1v) is 12.3. The van der Waals surface area contributed by atoms with E-state index >= 15 is 0 Å². The second-order valence-corrected chi connectivity index (χ2v) is 9.30. The van der Waals surface area contributed by atoms with E-state index in [1.807, 2.05) is 0 Å². The van der Waals surface area contributed by atoms with Crippen molar-refractivity contribution in [2.45, 2.75) is 89.5 Å². The van der Waals surface area contributed by atoms with Gasteiger partial charge < -0.3 is 9.47 Å². The summed E-state index contributed by atoms with van der Waals surface area (Å²) in [7, 11) is 0. The molecule has 3 rings (SSSR count). The molecule has 2 nitrogen and oxygen atoms in total. The molecule has 1 aliphatic carbocycles. The maximum Gasteiger partial charge on any atom is 0.573 e. The first-order chi connectivity index (χ1) is 16.6. The predicted octanol–water partition coefficient (Wildman–Crippen LogP) is 9.49. The number of alkyl halides is 5. The Balaban J connectivity index is 1.55. The maximum absolute atomic E-state index is 14.7. The zero-order valence-electron chi connectivity index (χ0n) is 19.9. The van der Waals surface area contributed by atoms with Gasteiger partial charge in [0.15, 0.2) is 0 Å². The van der Waals surface area contributed by atoms with E-state index in [9.17, 15) is 26.3 Å². The highest BCUT2D eigenvalue weighted by Gasteiger charge is 2.38. The molecule has 194 valence electrons. The summed E-state index contributed by atoms with van der Waals surface area (Å²) < 4.78 is 88.9. The highest BCUT2D eigenvalue weighted by molar-refractivity contribution is 5.34. The van der Waals surface area contributed by atoms with Gasteiger partial charge in [0.2, 0.25) is 0 Å². The largest absolute Gasteiger partial charge is 0.573 e. The van der Waals surface area contributed by atoms with Gasteiger partial charge in [-0.15, -0.1) is 13.2 Å². The monoisotopic (exact) mass is 502 g/mol. The van der Waals surface area contributed by atoms with Gasteiger partial charge in [0.05, 0.1) is 5.56 Å². The molecule has 0 heterocycles. The molecule has 0 spiro atoms. The van der Waals surface area contributed by atoms with Gasteiger partial charge in [-0.1, -0.05) is 51.5 Å². The maximum atomic E-state index is 14.7. The lowest BCUT2D eigenvalue weighted by Crippen LogP contribution is -2.24. The fourth-order valence-electron chi connectivity index (χ4n) is 4.75. The quantitative estimate of drug-likeness (QED) is 0.225. The Kier molecular flexibility index (Phi) is 9.36. The van der Waals surface area contributed by atoms with Crippen LogP contribution in [0.25, 0.3) is 0 Å². The summed E-state index contributed by atoms with van der Waals surface area (Å²) in [6.07, 6.45) is 2.58. The zero-order chi connectivity index (χ0) is 25.5. The van der Waals surface area contributed by atoms with Crippen molar-refractivity contribution < 1.29 is 35.8 Å². The molecule has 0 N–H and O–H groups in total. The third-order valence-electron chi connectivity index (χ3n) is 6.64. The van der Waals surface area contributed by atoms with Gasteiger partial charge in [0.1, 0.15) is 17.3 Å². The molecule has 0 radical (unpaired) electrons. The van der Waals surface area contributed by atoms with E-state index in [1.54, 1.807) is 0 Å². The zero-order valence-corrected chi connectivity index (χ0v) is 19.9. The average Bonchev–Trinajstić information content (AvgIpc) is 2.79. The molecule has 0 aromatic heterocycles.